The van der Waals surface area contributed by atoms with Gasteiger partial charge < -0.3 is 5.73 Å². The minimum atomic E-state index is -3.64. The normalized spacial score (nSPS) is 17.1. The molecule has 0 aliphatic rings. The molecule has 0 fully saturated rings. The fraction of sp³-hybridized carbons (Fsp3) is 1.00. The molecule has 0 bridgehead atoms. The first-order valence-electron chi connectivity index (χ1n) is 5.31. The van der Waals surface area contributed by atoms with Crippen LogP contribution in [0.4, 0.5) is 0 Å². The van der Waals surface area contributed by atoms with Gasteiger partial charge in [0.2, 0.25) is 10.0 Å². The first-order chi connectivity index (χ1) is 7.42. The standard InChI is InChI=1S/C9H22N2O4S2/c1-8(2)9(3,7-10)11-17(14,15)6-5-16(4,12)13/h8,11H,5-7,10H2,1-4H3. The molecule has 0 amide bonds. The van der Waals surface area contributed by atoms with E-state index in [2.05, 4.69) is 4.72 Å². The number of sulfonamides is 1. The molecule has 0 saturated carbocycles. The van der Waals surface area contributed by atoms with Gasteiger partial charge in [-0.15, -0.1) is 0 Å². The van der Waals surface area contributed by atoms with Crippen LogP contribution in [0.25, 0.3) is 0 Å². The Morgan fingerprint density at radius 1 is 1.18 bits per heavy atom. The highest BCUT2D eigenvalue weighted by Crippen LogP contribution is 2.16. The summed E-state index contributed by atoms with van der Waals surface area (Å²) in [6.07, 6.45) is 1.01. The first-order valence-corrected chi connectivity index (χ1v) is 9.02. The number of hydrogen-bond donors (Lipinski definition) is 2. The molecule has 0 heterocycles. The van der Waals surface area contributed by atoms with Crippen molar-refractivity contribution in [3.8, 4) is 0 Å². The van der Waals surface area contributed by atoms with Gasteiger partial charge in [-0.3, -0.25) is 0 Å². The van der Waals surface area contributed by atoms with Crippen LogP contribution in [0.2, 0.25) is 0 Å². The number of hydrogen-bond acceptors (Lipinski definition) is 5. The Morgan fingerprint density at radius 2 is 1.65 bits per heavy atom. The number of nitrogens with two attached hydrogens (primary N) is 1. The molecule has 0 rings (SSSR count). The van der Waals surface area contributed by atoms with Crippen LogP contribution in [0.5, 0.6) is 0 Å². The zero-order valence-corrected chi connectivity index (χ0v) is 12.4. The maximum Gasteiger partial charge on any atom is 0.213 e. The van der Waals surface area contributed by atoms with E-state index < -0.39 is 31.2 Å². The molecule has 17 heavy (non-hydrogen) atoms. The zero-order chi connectivity index (χ0) is 13.9. The predicted octanol–water partition coefficient (Wildman–Crippen LogP) is -0.676. The van der Waals surface area contributed by atoms with E-state index >= 15 is 0 Å². The van der Waals surface area contributed by atoms with Crippen molar-refractivity contribution in [3.63, 3.8) is 0 Å². The first kappa shape index (κ1) is 16.8. The molecule has 0 aromatic heterocycles. The average molecular weight is 286 g/mol. The van der Waals surface area contributed by atoms with Crippen molar-refractivity contribution < 1.29 is 16.8 Å². The van der Waals surface area contributed by atoms with Crippen molar-refractivity contribution in [3.05, 3.63) is 0 Å². The summed E-state index contributed by atoms with van der Waals surface area (Å²) >= 11 is 0. The predicted molar refractivity (Wildman–Crippen MR) is 68.9 cm³/mol. The molecule has 0 aromatic rings. The summed E-state index contributed by atoms with van der Waals surface area (Å²) < 4.78 is 47.8. The number of sulfone groups is 1. The van der Waals surface area contributed by atoms with Gasteiger partial charge in [0.1, 0.15) is 9.84 Å². The van der Waals surface area contributed by atoms with E-state index in [1.165, 1.54) is 0 Å². The third-order valence-electron chi connectivity index (χ3n) is 2.81. The molecule has 6 nitrogen and oxygen atoms in total. The molecule has 3 N–H and O–H groups in total. The summed E-state index contributed by atoms with van der Waals surface area (Å²) in [7, 11) is -6.93. The van der Waals surface area contributed by atoms with E-state index in [1.807, 2.05) is 13.8 Å². The second kappa shape index (κ2) is 5.64. The molecular formula is C9H22N2O4S2. The molecule has 0 aliphatic heterocycles. The highest BCUT2D eigenvalue weighted by atomic mass is 32.2. The Hall–Kier alpha value is -0.180. The Bertz CT molecular complexity index is 442. The van der Waals surface area contributed by atoms with Crippen LogP contribution in [0.15, 0.2) is 0 Å². The van der Waals surface area contributed by atoms with Crippen LogP contribution in [-0.4, -0.2) is 46.7 Å². The van der Waals surface area contributed by atoms with Crippen molar-refractivity contribution >= 4 is 19.9 Å². The second-order valence-corrected chi connectivity index (χ2v) is 8.93. The topological polar surface area (TPSA) is 106 Å². The quantitative estimate of drug-likeness (QED) is 0.645. The molecule has 1 unspecified atom stereocenters. The third-order valence-corrected chi connectivity index (χ3v) is 5.53. The van der Waals surface area contributed by atoms with Gasteiger partial charge in [-0.1, -0.05) is 13.8 Å². The summed E-state index contributed by atoms with van der Waals surface area (Å²) in [6.45, 7) is 5.57. The summed E-state index contributed by atoms with van der Waals surface area (Å²) in [5.41, 5.74) is 4.80. The highest BCUT2D eigenvalue weighted by Gasteiger charge is 2.31. The highest BCUT2D eigenvalue weighted by molar-refractivity contribution is 7.93. The lowest BCUT2D eigenvalue weighted by molar-refractivity contribution is 0.315. The Morgan fingerprint density at radius 3 is 1.94 bits per heavy atom. The molecule has 104 valence electrons. The molecule has 1 atom stereocenters. The van der Waals surface area contributed by atoms with Crippen LogP contribution in [-0.2, 0) is 19.9 Å². The smallest absolute Gasteiger partial charge is 0.213 e. The molecule has 0 aliphatic carbocycles. The SMILES string of the molecule is CC(C)C(C)(CN)NS(=O)(=O)CCS(C)(=O)=O. The largest absolute Gasteiger partial charge is 0.329 e. The maximum atomic E-state index is 11.7. The van der Waals surface area contributed by atoms with Gasteiger partial charge in [-0.2, -0.15) is 0 Å². The lowest BCUT2D eigenvalue weighted by Gasteiger charge is -2.33. The van der Waals surface area contributed by atoms with Crippen molar-refractivity contribution in [1.29, 1.82) is 0 Å². The molecule has 0 spiro atoms. The van der Waals surface area contributed by atoms with E-state index in [1.54, 1.807) is 6.92 Å². The number of nitrogens with one attached hydrogen (secondary N) is 1. The average Bonchev–Trinajstić information content (AvgIpc) is 2.13. The van der Waals surface area contributed by atoms with Crippen molar-refractivity contribution in [2.75, 3.05) is 24.3 Å². The minimum Gasteiger partial charge on any atom is -0.329 e. The van der Waals surface area contributed by atoms with Gasteiger partial charge in [-0.25, -0.2) is 21.6 Å². The van der Waals surface area contributed by atoms with E-state index in [0.29, 0.717) is 0 Å². The lowest BCUT2D eigenvalue weighted by atomic mass is 9.90. The van der Waals surface area contributed by atoms with E-state index in [0.717, 1.165) is 6.26 Å². The zero-order valence-electron chi connectivity index (χ0n) is 10.7. The van der Waals surface area contributed by atoms with Gasteiger partial charge in [-0.05, 0) is 12.8 Å². The van der Waals surface area contributed by atoms with Crippen LogP contribution >= 0.6 is 0 Å². The van der Waals surface area contributed by atoms with Crippen molar-refractivity contribution in [2.45, 2.75) is 26.3 Å². The van der Waals surface area contributed by atoms with Gasteiger partial charge >= 0.3 is 0 Å². The molecule has 0 aromatic carbocycles. The monoisotopic (exact) mass is 286 g/mol. The van der Waals surface area contributed by atoms with Gasteiger partial charge in [0.25, 0.3) is 0 Å². The van der Waals surface area contributed by atoms with Gasteiger partial charge in [0.15, 0.2) is 0 Å². The van der Waals surface area contributed by atoms with Gasteiger partial charge in [0, 0.05) is 18.3 Å². The van der Waals surface area contributed by atoms with Gasteiger partial charge in [0.05, 0.1) is 11.5 Å². The van der Waals surface area contributed by atoms with Crippen LogP contribution in [0, 0.1) is 5.92 Å². The Kier molecular flexibility index (Phi) is 5.58. The Balaban J connectivity index is 4.76. The summed E-state index contributed by atoms with van der Waals surface area (Å²) in [4.78, 5) is 0. The lowest BCUT2D eigenvalue weighted by Crippen LogP contribution is -2.55. The fourth-order valence-electron chi connectivity index (χ4n) is 1.06. The summed E-state index contributed by atoms with van der Waals surface area (Å²) in [5, 5.41) is 0. The van der Waals surface area contributed by atoms with E-state index in [9.17, 15) is 16.8 Å². The number of rotatable bonds is 7. The molecule has 0 saturated heterocycles. The Labute approximate surface area is 104 Å². The molecule has 8 heteroatoms. The van der Waals surface area contributed by atoms with Crippen LogP contribution in [0.3, 0.4) is 0 Å². The van der Waals surface area contributed by atoms with Crippen LogP contribution < -0.4 is 10.5 Å². The van der Waals surface area contributed by atoms with E-state index in [-0.39, 0.29) is 18.2 Å². The maximum absolute atomic E-state index is 11.7. The summed E-state index contributed by atoms with van der Waals surface area (Å²) in [6, 6.07) is 0. The van der Waals surface area contributed by atoms with E-state index in [4.69, 9.17) is 5.73 Å². The summed E-state index contributed by atoms with van der Waals surface area (Å²) in [5.74, 6) is -0.810. The van der Waals surface area contributed by atoms with Crippen LogP contribution in [0.1, 0.15) is 20.8 Å². The minimum absolute atomic E-state index is 0.0144. The fourth-order valence-corrected chi connectivity index (χ4v) is 4.28. The third kappa shape index (κ3) is 6.35. The van der Waals surface area contributed by atoms with Crippen molar-refractivity contribution in [2.24, 2.45) is 11.7 Å². The second-order valence-electron chi connectivity index (χ2n) is 4.83. The van der Waals surface area contributed by atoms with Crippen molar-refractivity contribution in [1.82, 2.24) is 4.72 Å². The molecule has 0 radical (unpaired) electrons. The molecular weight excluding hydrogens is 264 g/mol.